The predicted molar refractivity (Wildman–Crippen MR) is 76.8 cm³/mol. The minimum absolute atomic E-state index is 0.0362. The van der Waals surface area contributed by atoms with Crippen LogP contribution in [0.1, 0.15) is 37.7 Å². The molecule has 6 nitrogen and oxygen atoms in total. The Morgan fingerprint density at radius 1 is 1.45 bits per heavy atom. The average molecular weight is 281 g/mol. The summed E-state index contributed by atoms with van der Waals surface area (Å²) >= 11 is 0. The van der Waals surface area contributed by atoms with E-state index in [2.05, 4.69) is 5.10 Å². The summed E-state index contributed by atoms with van der Waals surface area (Å²) in [7, 11) is 1.61. The lowest BCUT2D eigenvalue weighted by molar-refractivity contribution is 0.0571. The van der Waals surface area contributed by atoms with Crippen LogP contribution in [0.3, 0.4) is 0 Å². The Labute approximate surface area is 119 Å². The molecule has 0 saturated heterocycles. The minimum atomic E-state index is -0.184. The third-order valence-electron chi connectivity index (χ3n) is 3.06. The van der Waals surface area contributed by atoms with E-state index in [0.29, 0.717) is 25.4 Å². The molecule has 20 heavy (non-hydrogen) atoms. The van der Waals surface area contributed by atoms with Crippen LogP contribution in [0.15, 0.2) is 16.9 Å². The first-order valence-electron chi connectivity index (χ1n) is 6.93. The van der Waals surface area contributed by atoms with Crippen LogP contribution in [0.4, 0.5) is 0 Å². The highest BCUT2D eigenvalue weighted by Crippen LogP contribution is 2.06. The number of likely N-dealkylation sites (N-methyl/N-ethyl adjacent to an activating group) is 1. The van der Waals surface area contributed by atoms with E-state index in [1.165, 1.54) is 16.8 Å². The average Bonchev–Trinajstić information content (AvgIpc) is 2.42. The van der Waals surface area contributed by atoms with E-state index in [4.69, 9.17) is 4.74 Å². The van der Waals surface area contributed by atoms with Gasteiger partial charge in [0.25, 0.3) is 11.5 Å². The summed E-state index contributed by atoms with van der Waals surface area (Å²) in [5.41, 5.74) is 0.110. The van der Waals surface area contributed by atoms with Crippen molar-refractivity contribution in [1.82, 2.24) is 14.7 Å². The maximum atomic E-state index is 12.5. The number of ether oxygens (including phenoxy) is 1. The first-order valence-corrected chi connectivity index (χ1v) is 6.93. The number of nitrogens with zero attached hydrogens (tertiary/aromatic N) is 3. The Balaban J connectivity index is 3.00. The van der Waals surface area contributed by atoms with Gasteiger partial charge in [-0.1, -0.05) is 6.92 Å². The van der Waals surface area contributed by atoms with Crippen molar-refractivity contribution in [3.63, 3.8) is 0 Å². The molecule has 112 valence electrons. The van der Waals surface area contributed by atoms with Gasteiger partial charge in [0, 0.05) is 26.3 Å². The highest BCUT2D eigenvalue weighted by Gasteiger charge is 2.21. The van der Waals surface area contributed by atoms with Crippen LogP contribution < -0.4 is 5.56 Å². The second-order valence-electron chi connectivity index (χ2n) is 4.68. The molecule has 0 radical (unpaired) electrons. The SMILES string of the molecule is CCCn1nc(C(=O)N(CC)[C@H](C)COC)ccc1=O. The molecule has 0 bridgehead atoms. The molecule has 0 spiro atoms. The molecule has 0 aliphatic rings. The highest BCUT2D eigenvalue weighted by atomic mass is 16.5. The van der Waals surface area contributed by atoms with E-state index >= 15 is 0 Å². The molecular formula is C14H23N3O3. The first kappa shape index (κ1) is 16.4. The van der Waals surface area contributed by atoms with Gasteiger partial charge in [0.1, 0.15) is 5.69 Å². The standard InChI is InChI=1S/C14H23N3O3/c1-5-9-17-13(18)8-7-12(15-17)14(19)16(6-2)11(3)10-20-4/h7-8,11H,5-6,9-10H2,1-4H3/t11-/m1/s1. The maximum Gasteiger partial charge on any atom is 0.274 e. The number of carbonyl (C=O) groups excluding carboxylic acids is 1. The molecular weight excluding hydrogens is 258 g/mol. The highest BCUT2D eigenvalue weighted by molar-refractivity contribution is 5.92. The van der Waals surface area contributed by atoms with Gasteiger partial charge in [-0.2, -0.15) is 5.10 Å². The van der Waals surface area contributed by atoms with E-state index in [1.54, 1.807) is 12.0 Å². The summed E-state index contributed by atoms with van der Waals surface area (Å²) < 4.78 is 6.42. The monoisotopic (exact) mass is 281 g/mol. The van der Waals surface area contributed by atoms with Gasteiger partial charge in [-0.05, 0) is 26.3 Å². The molecule has 0 unspecified atom stereocenters. The number of hydrogen-bond acceptors (Lipinski definition) is 4. The number of rotatable bonds is 7. The van der Waals surface area contributed by atoms with Crippen LogP contribution in [0.2, 0.25) is 0 Å². The molecule has 1 rings (SSSR count). The lowest BCUT2D eigenvalue weighted by Crippen LogP contribution is -2.42. The molecule has 6 heteroatoms. The fourth-order valence-corrected chi connectivity index (χ4v) is 2.07. The number of carbonyl (C=O) groups is 1. The van der Waals surface area contributed by atoms with Crippen molar-refractivity contribution in [2.75, 3.05) is 20.3 Å². The topological polar surface area (TPSA) is 64.4 Å². The fourth-order valence-electron chi connectivity index (χ4n) is 2.07. The number of aromatic nitrogens is 2. The third kappa shape index (κ3) is 3.90. The second kappa shape index (κ2) is 7.79. The molecule has 1 atom stereocenters. The van der Waals surface area contributed by atoms with Crippen LogP contribution in [-0.4, -0.2) is 46.9 Å². The van der Waals surface area contributed by atoms with E-state index < -0.39 is 0 Å². The quantitative estimate of drug-likeness (QED) is 0.752. The van der Waals surface area contributed by atoms with Crippen molar-refractivity contribution < 1.29 is 9.53 Å². The zero-order chi connectivity index (χ0) is 15.1. The summed E-state index contributed by atoms with van der Waals surface area (Å²) in [4.78, 5) is 25.8. The van der Waals surface area contributed by atoms with E-state index in [9.17, 15) is 9.59 Å². The van der Waals surface area contributed by atoms with Gasteiger partial charge in [-0.25, -0.2) is 4.68 Å². The van der Waals surface area contributed by atoms with Gasteiger partial charge in [0.15, 0.2) is 0 Å². The predicted octanol–water partition coefficient (Wildman–Crippen LogP) is 1.15. The summed E-state index contributed by atoms with van der Waals surface area (Å²) in [6.45, 7) is 7.34. The van der Waals surface area contributed by atoms with E-state index in [1.807, 2.05) is 20.8 Å². The van der Waals surface area contributed by atoms with Crippen LogP contribution in [-0.2, 0) is 11.3 Å². The largest absolute Gasteiger partial charge is 0.383 e. The van der Waals surface area contributed by atoms with Gasteiger partial charge < -0.3 is 9.64 Å². The van der Waals surface area contributed by atoms with Crippen molar-refractivity contribution in [1.29, 1.82) is 0 Å². The Bertz CT molecular complexity index is 499. The number of amides is 1. The summed E-state index contributed by atoms with van der Waals surface area (Å²) in [6, 6.07) is 2.84. The molecule has 1 amide bonds. The summed E-state index contributed by atoms with van der Waals surface area (Å²) in [6.07, 6.45) is 0.794. The smallest absolute Gasteiger partial charge is 0.274 e. The lowest BCUT2D eigenvalue weighted by Gasteiger charge is -2.27. The first-order chi connectivity index (χ1) is 9.54. The van der Waals surface area contributed by atoms with Gasteiger partial charge in [-0.3, -0.25) is 9.59 Å². The van der Waals surface area contributed by atoms with E-state index in [0.717, 1.165) is 6.42 Å². The summed E-state index contributed by atoms with van der Waals surface area (Å²) in [5, 5.41) is 4.15. The maximum absolute atomic E-state index is 12.5. The van der Waals surface area contributed by atoms with Crippen molar-refractivity contribution in [3.8, 4) is 0 Å². The molecule has 0 aromatic carbocycles. The van der Waals surface area contributed by atoms with Crippen molar-refractivity contribution in [2.45, 2.75) is 39.8 Å². The zero-order valence-electron chi connectivity index (χ0n) is 12.6. The van der Waals surface area contributed by atoms with Gasteiger partial charge in [0.05, 0.1) is 12.6 Å². The molecule has 0 aliphatic carbocycles. The number of aryl methyl sites for hydroxylation is 1. The summed E-state index contributed by atoms with van der Waals surface area (Å²) in [5.74, 6) is -0.179. The lowest BCUT2D eigenvalue weighted by atomic mass is 10.2. The zero-order valence-corrected chi connectivity index (χ0v) is 12.6. The number of hydrogen-bond donors (Lipinski definition) is 0. The van der Waals surface area contributed by atoms with E-state index in [-0.39, 0.29) is 17.5 Å². The molecule has 0 saturated carbocycles. The van der Waals surface area contributed by atoms with Crippen LogP contribution >= 0.6 is 0 Å². The molecule has 1 aromatic rings. The Kier molecular flexibility index (Phi) is 6.38. The van der Waals surface area contributed by atoms with Gasteiger partial charge in [0.2, 0.25) is 0 Å². The van der Waals surface area contributed by atoms with Crippen molar-refractivity contribution in [2.24, 2.45) is 0 Å². The van der Waals surface area contributed by atoms with Gasteiger partial charge >= 0.3 is 0 Å². The Morgan fingerprint density at radius 2 is 2.15 bits per heavy atom. The molecule has 1 aromatic heterocycles. The van der Waals surface area contributed by atoms with Crippen molar-refractivity contribution in [3.05, 3.63) is 28.2 Å². The number of methoxy groups -OCH3 is 1. The van der Waals surface area contributed by atoms with Crippen LogP contribution in [0, 0.1) is 0 Å². The normalized spacial score (nSPS) is 12.2. The third-order valence-corrected chi connectivity index (χ3v) is 3.06. The Morgan fingerprint density at radius 3 is 2.70 bits per heavy atom. The second-order valence-corrected chi connectivity index (χ2v) is 4.68. The van der Waals surface area contributed by atoms with Crippen LogP contribution in [0.25, 0.3) is 0 Å². The Hall–Kier alpha value is -1.69. The minimum Gasteiger partial charge on any atom is -0.383 e. The van der Waals surface area contributed by atoms with Crippen LogP contribution in [0.5, 0.6) is 0 Å². The molecule has 0 fully saturated rings. The van der Waals surface area contributed by atoms with Crippen molar-refractivity contribution >= 4 is 5.91 Å². The molecule has 0 aliphatic heterocycles. The van der Waals surface area contributed by atoms with Gasteiger partial charge in [-0.15, -0.1) is 0 Å². The molecule has 1 heterocycles. The fraction of sp³-hybridized carbons (Fsp3) is 0.643. The molecule has 0 N–H and O–H groups in total.